The van der Waals surface area contributed by atoms with E-state index in [9.17, 15) is 0 Å². The first-order valence-corrected chi connectivity index (χ1v) is 8.02. The van der Waals surface area contributed by atoms with Crippen LogP contribution in [0.4, 0.5) is 5.82 Å². The van der Waals surface area contributed by atoms with Crippen LogP contribution >= 0.6 is 24.0 Å². The van der Waals surface area contributed by atoms with Gasteiger partial charge in [0.1, 0.15) is 5.82 Å². The summed E-state index contributed by atoms with van der Waals surface area (Å²) in [5, 5.41) is 10.6. The van der Waals surface area contributed by atoms with Crippen LogP contribution in [-0.2, 0) is 13.1 Å². The molecule has 0 aliphatic rings. The van der Waals surface area contributed by atoms with Crippen LogP contribution < -0.4 is 15.5 Å². The van der Waals surface area contributed by atoms with Gasteiger partial charge in [0.05, 0.1) is 12.2 Å². The molecule has 138 valence electrons. The zero-order valence-electron chi connectivity index (χ0n) is 15.4. The molecule has 2 rings (SSSR count). The Hall–Kier alpha value is -1.84. The van der Waals surface area contributed by atoms with Gasteiger partial charge >= 0.3 is 0 Å². The standard InChI is InChI=1S/C17H26N6O.HI/c1-12(2)15-9-14(24-22-15)11-21-17(18-3)20-10-13-7-6-8-19-16(13)23(4)5;/h6-9,12H,10-11H2,1-5H3,(H2,18,20,21);1H. The smallest absolute Gasteiger partial charge is 0.191 e. The molecule has 0 bridgehead atoms. The van der Waals surface area contributed by atoms with Crippen LogP contribution in [0.1, 0.15) is 36.8 Å². The lowest BCUT2D eigenvalue weighted by Crippen LogP contribution is -2.36. The highest BCUT2D eigenvalue weighted by Crippen LogP contribution is 2.14. The van der Waals surface area contributed by atoms with Gasteiger partial charge in [0.2, 0.25) is 0 Å². The fraction of sp³-hybridized carbons (Fsp3) is 0.471. The van der Waals surface area contributed by atoms with Crippen LogP contribution in [0.5, 0.6) is 0 Å². The van der Waals surface area contributed by atoms with Crippen LogP contribution in [0, 0.1) is 0 Å². The Kier molecular flexibility index (Phi) is 8.67. The Morgan fingerprint density at radius 2 is 2.00 bits per heavy atom. The molecule has 0 aliphatic carbocycles. The molecule has 0 aromatic carbocycles. The highest BCUT2D eigenvalue weighted by Gasteiger charge is 2.09. The Morgan fingerprint density at radius 1 is 1.28 bits per heavy atom. The molecule has 0 saturated heterocycles. The lowest BCUT2D eigenvalue weighted by molar-refractivity contribution is 0.372. The molecule has 0 amide bonds. The summed E-state index contributed by atoms with van der Waals surface area (Å²) in [5.74, 6) is 2.79. The summed E-state index contributed by atoms with van der Waals surface area (Å²) in [5.41, 5.74) is 2.06. The summed E-state index contributed by atoms with van der Waals surface area (Å²) in [7, 11) is 5.70. The molecular formula is C17H27IN6O. The number of aromatic nitrogens is 2. The van der Waals surface area contributed by atoms with Crippen molar-refractivity contribution in [3.8, 4) is 0 Å². The van der Waals surface area contributed by atoms with E-state index in [1.807, 2.05) is 37.2 Å². The zero-order chi connectivity index (χ0) is 17.5. The van der Waals surface area contributed by atoms with E-state index in [-0.39, 0.29) is 24.0 Å². The number of halogens is 1. The first-order valence-electron chi connectivity index (χ1n) is 8.02. The summed E-state index contributed by atoms with van der Waals surface area (Å²) in [6, 6.07) is 5.95. The van der Waals surface area contributed by atoms with Crippen molar-refractivity contribution >= 4 is 35.8 Å². The van der Waals surface area contributed by atoms with Crippen molar-refractivity contribution in [2.75, 3.05) is 26.0 Å². The molecule has 2 aromatic rings. The maximum Gasteiger partial charge on any atom is 0.191 e. The third-order valence-electron chi connectivity index (χ3n) is 3.56. The summed E-state index contributed by atoms with van der Waals surface area (Å²) in [6.45, 7) is 5.35. The summed E-state index contributed by atoms with van der Waals surface area (Å²) < 4.78 is 5.32. The molecule has 25 heavy (non-hydrogen) atoms. The van der Waals surface area contributed by atoms with Crippen LogP contribution in [0.25, 0.3) is 0 Å². The number of nitrogens with zero attached hydrogens (tertiary/aromatic N) is 4. The van der Waals surface area contributed by atoms with E-state index in [4.69, 9.17) is 4.52 Å². The molecule has 8 heteroatoms. The van der Waals surface area contributed by atoms with E-state index >= 15 is 0 Å². The van der Waals surface area contributed by atoms with E-state index < -0.39 is 0 Å². The minimum Gasteiger partial charge on any atom is -0.362 e. The Bertz CT molecular complexity index is 683. The number of guanidine groups is 1. The first-order chi connectivity index (χ1) is 11.5. The van der Waals surface area contributed by atoms with Gasteiger partial charge in [-0.25, -0.2) is 4.98 Å². The van der Waals surface area contributed by atoms with Crippen LogP contribution in [0.3, 0.4) is 0 Å². The lowest BCUT2D eigenvalue weighted by atomic mass is 10.1. The lowest BCUT2D eigenvalue weighted by Gasteiger charge is -2.17. The number of aliphatic imine (C=N–C) groups is 1. The summed E-state index contributed by atoms with van der Waals surface area (Å²) in [4.78, 5) is 10.6. The quantitative estimate of drug-likeness (QED) is 0.394. The van der Waals surface area contributed by atoms with E-state index in [2.05, 4.69) is 39.6 Å². The number of rotatable bonds is 6. The normalized spacial score (nSPS) is 11.2. The molecule has 7 nitrogen and oxygen atoms in total. The minimum atomic E-state index is 0. The maximum atomic E-state index is 5.32. The van der Waals surface area contributed by atoms with Gasteiger partial charge in [-0.1, -0.05) is 25.1 Å². The first kappa shape index (κ1) is 21.2. The fourth-order valence-corrected chi connectivity index (χ4v) is 2.23. The molecule has 0 atom stereocenters. The van der Waals surface area contributed by atoms with E-state index in [1.54, 1.807) is 13.2 Å². The van der Waals surface area contributed by atoms with Gasteiger partial charge in [0.25, 0.3) is 0 Å². The van der Waals surface area contributed by atoms with Gasteiger partial charge < -0.3 is 20.1 Å². The van der Waals surface area contributed by atoms with Gasteiger partial charge in [-0.3, -0.25) is 4.99 Å². The van der Waals surface area contributed by atoms with Gasteiger partial charge in [-0.05, 0) is 12.0 Å². The Labute approximate surface area is 166 Å². The third-order valence-corrected chi connectivity index (χ3v) is 3.56. The van der Waals surface area contributed by atoms with E-state index in [0.29, 0.717) is 25.0 Å². The van der Waals surface area contributed by atoms with Crippen LogP contribution in [-0.4, -0.2) is 37.2 Å². The van der Waals surface area contributed by atoms with Gasteiger partial charge in [-0.2, -0.15) is 0 Å². The number of anilines is 1. The van der Waals surface area contributed by atoms with Crippen LogP contribution in [0.15, 0.2) is 33.9 Å². The summed E-state index contributed by atoms with van der Waals surface area (Å²) in [6.07, 6.45) is 1.79. The predicted octanol–water partition coefficient (Wildman–Crippen LogP) is 2.74. The molecule has 0 radical (unpaired) electrons. The number of hydrogen-bond acceptors (Lipinski definition) is 5. The Morgan fingerprint density at radius 3 is 2.60 bits per heavy atom. The molecule has 0 unspecified atom stereocenters. The fourth-order valence-electron chi connectivity index (χ4n) is 2.23. The second-order valence-electron chi connectivity index (χ2n) is 6.03. The topological polar surface area (TPSA) is 78.6 Å². The molecule has 0 aliphatic heterocycles. The van der Waals surface area contributed by atoms with Crippen molar-refractivity contribution in [2.45, 2.75) is 32.9 Å². The third kappa shape index (κ3) is 6.18. The van der Waals surface area contributed by atoms with Crippen molar-refractivity contribution < 1.29 is 4.52 Å². The highest BCUT2D eigenvalue weighted by molar-refractivity contribution is 14.0. The van der Waals surface area contributed by atoms with Gasteiger partial charge in [0, 0.05) is 45.5 Å². The van der Waals surface area contributed by atoms with Crippen molar-refractivity contribution in [1.29, 1.82) is 0 Å². The van der Waals surface area contributed by atoms with Gasteiger partial charge in [-0.15, -0.1) is 24.0 Å². The van der Waals surface area contributed by atoms with Gasteiger partial charge in [0.15, 0.2) is 11.7 Å². The number of pyridine rings is 1. The molecule has 2 N–H and O–H groups in total. The van der Waals surface area contributed by atoms with Crippen molar-refractivity contribution in [3.05, 3.63) is 41.4 Å². The number of hydrogen-bond donors (Lipinski definition) is 2. The average Bonchev–Trinajstić information content (AvgIpc) is 3.04. The van der Waals surface area contributed by atoms with E-state index in [1.165, 1.54) is 0 Å². The number of nitrogens with one attached hydrogen (secondary N) is 2. The zero-order valence-corrected chi connectivity index (χ0v) is 17.7. The average molecular weight is 458 g/mol. The largest absolute Gasteiger partial charge is 0.362 e. The van der Waals surface area contributed by atoms with Crippen molar-refractivity contribution in [3.63, 3.8) is 0 Å². The second kappa shape index (κ2) is 10.2. The molecule has 2 heterocycles. The maximum absolute atomic E-state index is 5.32. The van der Waals surface area contributed by atoms with Crippen LogP contribution in [0.2, 0.25) is 0 Å². The van der Waals surface area contributed by atoms with Crippen molar-refractivity contribution in [1.82, 2.24) is 20.8 Å². The Balaban J connectivity index is 0.00000312. The molecule has 0 saturated carbocycles. The highest BCUT2D eigenvalue weighted by atomic mass is 127. The van der Waals surface area contributed by atoms with E-state index in [0.717, 1.165) is 22.8 Å². The molecular weight excluding hydrogens is 431 g/mol. The van der Waals surface area contributed by atoms with Crippen molar-refractivity contribution in [2.24, 2.45) is 4.99 Å². The predicted molar refractivity (Wildman–Crippen MR) is 112 cm³/mol. The minimum absolute atomic E-state index is 0. The SMILES string of the molecule is CN=C(NCc1cc(C(C)C)no1)NCc1cccnc1N(C)C.I. The molecule has 2 aromatic heterocycles. The summed E-state index contributed by atoms with van der Waals surface area (Å²) >= 11 is 0. The molecule has 0 spiro atoms. The second-order valence-corrected chi connectivity index (χ2v) is 6.03. The molecule has 0 fully saturated rings. The monoisotopic (exact) mass is 458 g/mol.